The van der Waals surface area contributed by atoms with Crippen molar-refractivity contribution in [2.24, 2.45) is 0 Å². The van der Waals surface area contributed by atoms with Crippen LogP contribution in [-0.4, -0.2) is 42.5 Å². The van der Waals surface area contributed by atoms with E-state index in [9.17, 15) is 13.6 Å². The van der Waals surface area contributed by atoms with Gasteiger partial charge in [0.2, 0.25) is 5.82 Å². The lowest BCUT2D eigenvalue weighted by Gasteiger charge is -2.08. The Morgan fingerprint density at radius 2 is 1.82 bits per heavy atom. The van der Waals surface area contributed by atoms with E-state index in [4.69, 9.17) is 10.5 Å². The first-order valence-electron chi connectivity index (χ1n) is 11.7. The molecule has 194 valence electrons. The minimum atomic E-state index is -0.545. The summed E-state index contributed by atoms with van der Waals surface area (Å²) < 4.78 is 36.4. The largest absolute Gasteiger partial charge is 0.383 e. The molecule has 2 aromatic carbocycles. The molecule has 0 bridgehead atoms. The predicted octanol–water partition coefficient (Wildman–Crippen LogP) is 3.06. The van der Waals surface area contributed by atoms with Crippen LogP contribution in [0.1, 0.15) is 33.1 Å². The second-order valence-electron chi connectivity index (χ2n) is 8.63. The van der Waals surface area contributed by atoms with Crippen LogP contribution in [0.25, 0.3) is 10.8 Å². The quantitative estimate of drug-likeness (QED) is 0.307. The minimum Gasteiger partial charge on any atom is -0.383 e. The number of nitrogens with zero attached hydrogens (tertiary/aromatic N) is 6. The molecule has 0 spiro atoms. The van der Waals surface area contributed by atoms with Gasteiger partial charge in [-0.15, -0.1) is 5.10 Å². The summed E-state index contributed by atoms with van der Waals surface area (Å²) >= 11 is 0. The molecule has 10 nitrogen and oxygen atoms in total. The number of benzene rings is 2. The maximum atomic E-state index is 15.0. The van der Waals surface area contributed by atoms with Crippen molar-refractivity contribution >= 4 is 22.5 Å². The van der Waals surface area contributed by atoms with Crippen molar-refractivity contribution < 1.29 is 18.3 Å². The number of hydrogen-bond donors (Lipinski definition) is 2. The van der Waals surface area contributed by atoms with Crippen molar-refractivity contribution in [1.82, 2.24) is 34.8 Å². The molecule has 38 heavy (non-hydrogen) atoms. The Hall–Kier alpha value is -4.71. The first-order chi connectivity index (χ1) is 18.4. The SMILES string of the molecule is COCc1nc(C(=O)NCc2ccc3c(N)nccc3c2F)nn1Cc1ccc(Cn2cc(F)cn2)cc1. The summed E-state index contributed by atoms with van der Waals surface area (Å²) in [7, 11) is 1.52. The lowest BCUT2D eigenvalue weighted by atomic mass is 10.1. The number of pyridine rings is 1. The Morgan fingerprint density at radius 3 is 2.53 bits per heavy atom. The highest BCUT2D eigenvalue weighted by Gasteiger charge is 2.18. The number of carbonyl (C=O) groups excluding carboxylic acids is 1. The van der Waals surface area contributed by atoms with Gasteiger partial charge in [-0.1, -0.05) is 36.4 Å². The predicted molar refractivity (Wildman–Crippen MR) is 135 cm³/mol. The zero-order valence-electron chi connectivity index (χ0n) is 20.4. The second kappa shape index (κ2) is 10.7. The highest BCUT2D eigenvalue weighted by atomic mass is 19.1. The molecule has 3 heterocycles. The van der Waals surface area contributed by atoms with Crippen LogP contribution in [-0.2, 0) is 31.0 Å². The van der Waals surface area contributed by atoms with Gasteiger partial charge < -0.3 is 15.8 Å². The highest BCUT2D eigenvalue weighted by Crippen LogP contribution is 2.24. The van der Waals surface area contributed by atoms with Crippen molar-refractivity contribution in [2.45, 2.75) is 26.2 Å². The number of anilines is 1. The summed E-state index contributed by atoms with van der Waals surface area (Å²) in [6.07, 6.45) is 3.93. The maximum Gasteiger partial charge on any atom is 0.291 e. The number of ether oxygens (including phenoxy) is 1. The molecule has 3 aromatic heterocycles. The van der Waals surface area contributed by atoms with E-state index in [2.05, 4.69) is 25.5 Å². The van der Waals surface area contributed by atoms with E-state index in [1.807, 2.05) is 24.3 Å². The van der Waals surface area contributed by atoms with Crippen LogP contribution >= 0.6 is 0 Å². The standard InChI is InChI=1S/C26H24F2N8O2/c1-38-15-22-33-25(26(37)31-10-18-6-7-21-20(23(18)28)8-9-30-24(21)29)34-36(22)13-17-4-2-16(3-5-17)12-35-14-19(27)11-32-35/h2-9,11,14H,10,12-13,15H2,1H3,(H2,29,30)(H,31,37). The van der Waals surface area contributed by atoms with Gasteiger partial charge in [0.1, 0.15) is 18.2 Å². The number of methoxy groups -OCH3 is 1. The normalized spacial score (nSPS) is 11.2. The van der Waals surface area contributed by atoms with Crippen molar-refractivity contribution in [3.05, 3.63) is 101 Å². The van der Waals surface area contributed by atoms with E-state index in [1.165, 1.54) is 30.3 Å². The first kappa shape index (κ1) is 25.0. The van der Waals surface area contributed by atoms with Crippen LogP contribution in [0.3, 0.4) is 0 Å². The maximum absolute atomic E-state index is 15.0. The van der Waals surface area contributed by atoms with Gasteiger partial charge in [-0.05, 0) is 17.2 Å². The Morgan fingerprint density at radius 1 is 1.05 bits per heavy atom. The molecule has 0 aliphatic heterocycles. The van der Waals surface area contributed by atoms with Crippen molar-refractivity contribution in [1.29, 1.82) is 0 Å². The van der Waals surface area contributed by atoms with Crippen LogP contribution < -0.4 is 11.1 Å². The van der Waals surface area contributed by atoms with Crippen molar-refractivity contribution in [3.8, 4) is 0 Å². The van der Waals surface area contributed by atoms with E-state index >= 15 is 0 Å². The molecule has 12 heteroatoms. The Kier molecular flexibility index (Phi) is 7.05. The molecule has 0 aliphatic rings. The number of amides is 1. The third-order valence-electron chi connectivity index (χ3n) is 5.96. The monoisotopic (exact) mass is 518 g/mol. The van der Waals surface area contributed by atoms with Gasteiger partial charge in [-0.2, -0.15) is 5.10 Å². The number of aromatic nitrogens is 6. The number of halogens is 2. The summed E-state index contributed by atoms with van der Waals surface area (Å²) in [4.78, 5) is 21.1. The molecule has 0 radical (unpaired) electrons. The summed E-state index contributed by atoms with van der Waals surface area (Å²) in [6, 6.07) is 12.4. The Bertz CT molecular complexity index is 1600. The number of hydrogen-bond acceptors (Lipinski definition) is 7. The fourth-order valence-corrected chi connectivity index (χ4v) is 4.05. The van der Waals surface area contributed by atoms with E-state index < -0.39 is 11.7 Å². The molecule has 0 aliphatic carbocycles. The third kappa shape index (κ3) is 5.34. The Labute approximate surface area is 216 Å². The average Bonchev–Trinajstić information content (AvgIpc) is 3.51. The molecule has 1 amide bonds. The number of carbonyl (C=O) groups is 1. The van der Waals surface area contributed by atoms with E-state index in [0.29, 0.717) is 35.2 Å². The molecule has 3 N–H and O–H groups in total. The second-order valence-corrected chi connectivity index (χ2v) is 8.63. The molecule has 0 saturated heterocycles. The smallest absolute Gasteiger partial charge is 0.291 e. The topological polar surface area (TPSA) is 126 Å². The molecule has 5 rings (SSSR count). The van der Waals surface area contributed by atoms with E-state index in [1.54, 1.807) is 16.8 Å². The zero-order valence-corrected chi connectivity index (χ0v) is 20.4. The van der Waals surface area contributed by atoms with Crippen LogP contribution in [0.4, 0.5) is 14.6 Å². The molecule has 0 atom stereocenters. The van der Waals surface area contributed by atoms with Crippen LogP contribution in [0.2, 0.25) is 0 Å². The lowest BCUT2D eigenvalue weighted by molar-refractivity contribution is 0.0939. The van der Waals surface area contributed by atoms with Crippen LogP contribution in [0, 0.1) is 11.6 Å². The van der Waals surface area contributed by atoms with E-state index in [0.717, 1.165) is 17.3 Å². The molecule has 0 saturated carbocycles. The molecule has 5 aromatic rings. The minimum absolute atomic E-state index is 0.0518. The Balaban J connectivity index is 1.27. The zero-order chi connectivity index (χ0) is 26.6. The lowest BCUT2D eigenvalue weighted by Crippen LogP contribution is -2.24. The first-order valence-corrected chi connectivity index (χ1v) is 11.7. The van der Waals surface area contributed by atoms with Gasteiger partial charge in [0.15, 0.2) is 11.6 Å². The fourth-order valence-electron chi connectivity index (χ4n) is 4.05. The van der Waals surface area contributed by atoms with Gasteiger partial charge in [-0.25, -0.2) is 23.4 Å². The molecule has 0 unspecified atom stereocenters. The molecular weight excluding hydrogens is 494 g/mol. The molecular formula is C26H24F2N8O2. The number of fused-ring (bicyclic) bond motifs is 1. The average molecular weight is 519 g/mol. The number of nitrogens with two attached hydrogens (primary N) is 1. The van der Waals surface area contributed by atoms with Crippen LogP contribution in [0.5, 0.6) is 0 Å². The van der Waals surface area contributed by atoms with Crippen molar-refractivity contribution in [3.63, 3.8) is 0 Å². The van der Waals surface area contributed by atoms with Crippen molar-refractivity contribution in [2.75, 3.05) is 12.8 Å². The van der Waals surface area contributed by atoms with Gasteiger partial charge in [0.25, 0.3) is 5.91 Å². The van der Waals surface area contributed by atoms with Gasteiger partial charge in [-0.3, -0.25) is 9.48 Å². The fraction of sp³-hybridized carbons (Fsp3) is 0.192. The van der Waals surface area contributed by atoms with Crippen LogP contribution in [0.15, 0.2) is 61.1 Å². The number of rotatable bonds is 9. The van der Waals surface area contributed by atoms with Gasteiger partial charge in [0, 0.05) is 36.2 Å². The highest BCUT2D eigenvalue weighted by molar-refractivity contribution is 5.92. The summed E-state index contributed by atoms with van der Waals surface area (Å²) in [5.41, 5.74) is 7.98. The summed E-state index contributed by atoms with van der Waals surface area (Å²) in [5, 5.41) is 11.8. The number of nitrogens with one attached hydrogen (secondary N) is 1. The third-order valence-corrected chi connectivity index (χ3v) is 5.96. The van der Waals surface area contributed by atoms with E-state index in [-0.39, 0.29) is 30.6 Å². The molecule has 0 fully saturated rings. The van der Waals surface area contributed by atoms with Gasteiger partial charge in [0.05, 0.1) is 25.5 Å². The van der Waals surface area contributed by atoms with Gasteiger partial charge >= 0.3 is 0 Å². The number of nitrogen functional groups attached to an aromatic ring is 1. The summed E-state index contributed by atoms with van der Waals surface area (Å²) in [5.74, 6) is -0.755. The summed E-state index contributed by atoms with van der Waals surface area (Å²) in [6.45, 7) is 0.885.